The number of carbonyl (C=O) groups excluding carboxylic acids is 1. The number of allylic oxidation sites excluding steroid dienone is 1. The Hall–Kier alpha value is -0.750. The number of aliphatic hydroxyl groups is 4. The molecule has 0 amide bonds. The van der Waals surface area contributed by atoms with Crippen LogP contribution < -0.4 is 0 Å². The van der Waals surface area contributed by atoms with Crippen molar-refractivity contribution in [3.8, 4) is 0 Å². The number of fused-ring (bicyclic) bond motifs is 5. The van der Waals surface area contributed by atoms with Crippen LogP contribution in [0.15, 0.2) is 11.6 Å². The highest BCUT2D eigenvalue weighted by Gasteiger charge is 2.67. The van der Waals surface area contributed by atoms with Gasteiger partial charge < -0.3 is 20.4 Å². The first kappa shape index (κ1) is 24.4. The number of hydrogen-bond acceptors (Lipinski definition) is 5. The predicted octanol–water partition coefficient (Wildman–Crippen LogP) is 3.91. The fourth-order valence-electron chi connectivity index (χ4n) is 8.37. The zero-order valence-electron chi connectivity index (χ0n) is 20.7. The molecule has 4 aliphatic carbocycles. The minimum Gasteiger partial charge on any atom is -0.393 e. The van der Waals surface area contributed by atoms with E-state index in [0.717, 1.165) is 44.1 Å². The molecule has 0 saturated heterocycles. The molecular weight excluding hydrogens is 404 g/mol. The van der Waals surface area contributed by atoms with Crippen LogP contribution in [0.2, 0.25) is 0 Å². The van der Waals surface area contributed by atoms with Crippen LogP contribution in [0.5, 0.6) is 0 Å². The molecular formula is C27H44O5. The predicted molar refractivity (Wildman–Crippen MR) is 124 cm³/mol. The third kappa shape index (κ3) is 3.62. The summed E-state index contributed by atoms with van der Waals surface area (Å²) in [4.78, 5) is 13.2. The van der Waals surface area contributed by atoms with Gasteiger partial charge in [-0.2, -0.15) is 0 Å². The van der Waals surface area contributed by atoms with Crippen LogP contribution >= 0.6 is 0 Å². The molecule has 5 nitrogen and oxygen atoms in total. The van der Waals surface area contributed by atoms with Crippen LogP contribution in [0.4, 0.5) is 0 Å². The van der Waals surface area contributed by atoms with Crippen molar-refractivity contribution in [3.63, 3.8) is 0 Å². The van der Waals surface area contributed by atoms with Gasteiger partial charge in [-0.25, -0.2) is 0 Å². The van der Waals surface area contributed by atoms with Crippen molar-refractivity contribution in [1.82, 2.24) is 0 Å². The summed E-state index contributed by atoms with van der Waals surface area (Å²) in [5, 5.41) is 44.0. The summed E-state index contributed by atoms with van der Waals surface area (Å²) < 4.78 is 0. The lowest BCUT2D eigenvalue weighted by atomic mass is 9.46. The minimum absolute atomic E-state index is 0.0579. The number of aliphatic hydroxyl groups excluding tert-OH is 1. The van der Waals surface area contributed by atoms with Crippen molar-refractivity contribution in [2.75, 3.05) is 0 Å². The SMILES string of the molecule is CC(C)(O)CCC[C@](C)(O)[C@H]1CC[C@]2(O)C3=CC(=O)[C@@H]4C[C@@H](O)CC[C@]4(C)[C@H]3CC[C@]12C. The van der Waals surface area contributed by atoms with Crippen LogP contribution in [0, 0.1) is 28.6 Å². The smallest absolute Gasteiger partial charge is 0.159 e. The second-order valence-corrected chi connectivity index (χ2v) is 13.0. The topological polar surface area (TPSA) is 98.0 Å². The Morgan fingerprint density at radius 2 is 1.69 bits per heavy atom. The Bertz CT molecular complexity index is 794. The van der Waals surface area contributed by atoms with E-state index in [1.807, 2.05) is 6.92 Å². The molecule has 4 aliphatic rings. The van der Waals surface area contributed by atoms with Gasteiger partial charge in [-0.1, -0.05) is 13.8 Å². The molecule has 3 saturated carbocycles. The largest absolute Gasteiger partial charge is 0.393 e. The average Bonchev–Trinajstić information content (AvgIpc) is 2.95. The van der Waals surface area contributed by atoms with Crippen LogP contribution in [0.3, 0.4) is 0 Å². The zero-order chi connectivity index (χ0) is 23.7. The summed E-state index contributed by atoms with van der Waals surface area (Å²) in [5.74, 6) is 0.0118. The van der Waals surface area contributed by atoms with E-state index < -0.39 is 28.3 Å². The first-order valence-electron chi connectivity index (χ1n) is 12.8. The van der Waals surface area contributed by atoms with E-state index in [1.54, 1.807) is 19.9 Å². The standard InChI is InChI=1S/C27H44O5/c1-23(2,30)10-6-11-26(5,31)22-9-14-27(32)19-16-21(29)20-15-17(28)7-12-24(20,3)18(19)8-13-25(22,27)4/h16-18,20,22,28,30-32H,6-15H2,1-5H3/t17-,18-,20-,22-,24+,25+,26-,27-/m0/s1. The Kier molecular flexibility index (Phi) is 5.81. The number of ketones is 1. The molecule has 0 unspecified atom stereocenters. The second-order valence-electron chi connectivity index (χ2n) is 13.0. The third-order valence-electron chi connectivity index (χ3n) is 10.3. The van der Waals surface area contributed by atoms with Crippen molar-refractivity contribution in [2.45, 2.75) is 122 Å². The summed E-state index contributed by atoms with van der Waals surface area (Å²) in [6.45, 7) is 9.80. The second kappa shape index (κ2) is 7.63. The molecule has 5 heteroatoms. The number of rotatable bonds is 5. The maximum Gasteiger partial charge on any atom is 0.159 e. The molecule has 0 spiro atoms. The van der Waals surface area contributed by atoms with Crippen LogP contribution in [-0.4, -0.2) is 49.1 Å². The Morgan fingerprint density at radius 3 is 2.34 bits per heavy atom. The fourth-order valence-corrected chi connectivity index (χ4v) is 8.37. The summed E-state index contributed by atoms with van der Waals surface area (Å²) in [6, 6.07) is 0. The van der Waals surface area contributed by atoms with Crippen molar-refractivity contribution in [3.05, 3.63) is 11.6 Å². The molecule has 182 valence electrons. The van der Waals surface area contributed by atoms with Crippen molar-refractivity contribution in [1.29, 1.82) is 0 Å². The van der Waals surface area contributed by atoms with Gasteiger partial charge >= 0.3 is 0 Å². The van der Waals surface area contributed by atoms with Gasteiger partial charge in [0.1, 0.15) is 0 Å². The molecule has 0 aromatic heterocycles. The van der Waals surface area contributed by atoms with Gasteiger partial charge in [-0.05, 0) is 114 Å². The zero-order valence-corrected chi connectivity index (χ0v) is 20.7. The fraction of sp³-hybridized carbons (Fsp3) is 0.889. The third-order valence-corrected chi connectivity index (χ3v) is 10.3. The lowest BCUT2D eigenvalue weighted by molar-refractivity contribution is -0.150. The maximum atomic E-state index is 13.2. The van der Waals surface area contributed by atoms with Crippen molar-refractivity contribution >= 4 is 5.78 Å². The van der Waals surface area contributed by atoms with E-state index in [9.17, 15) is 25.2 Å². The van der Waals surface area contributed by atoms with Gasteiger partial charge in [0, 0.05) is 11.3 Å². The molecule has 3 fully saturated rings. The molecule has 8 atom stereocenters. The van der Waals surface area contributed by atoms with Gasteiger partial charge in [0.15, 0.2) is 5.78 Å². The van der Waals surface area contributed by atoms with E-state index in [1.165, 1.54) is 0 Å². The van der Waals surface area contributed by atoms with E-state index >= 15 is 0 Å². The van der Waals surface area contributed by atoms with E-state index in [-0.39, 0.29) is 29.0 Å². The first-order chi connectivity index (χ1) is 14.6. The van der Waals surface area contributed by atoms with Gasteiger partial charge in [-0.15, -0.1) is 0 Å². The molecule has 0 aromatic rings. The highest BCUT2D eigenvalue weighted by Crippen LogP contribution is 2.68. The molecule has 0 heterocycles. The summed E-state index contributed by atoms with van der Waals surface area (Å²) in [5.41, 5.74) is -2.53. The molecule has 0 bridgehead atoms. The molecule has 0 radical (unpaired) electrons. The highest BCUT2D eigenvalue weighted by atomic mass is 16.3. The van der Waals surface area contributed by atoms with Gasteiger partial charge in [-0.3, -0.25) is 4.79 Å². The minimum atomic E-state index is -1.07. The van der Waals surface area contributed by atoms with Gasteiger partial charge in [0.05, 0.1) is 22.9 Å². The average molecular weight is 449 g/mol. The monoisotopic (exact) mass is 448 g/mol. The molecule has 4 rings (SSSR count). The molecule has 4 N–H and O–H groups in total. The Morgan fingerprint density at radius 1 is 1.00 bits per heavy atom. The summed E-state index contributed by atoms with van der Waals surface area (Å²) in [7, 11) is 0. The van der Waals surface area contributed by atoms with Gasteiger partial charge in [0.25, 0.3) is 0 Å². The van der Waals surface area contributed by atoms with Crippen LogP contribution in [0.25, 0.3) is 0 Å². The van der Waals surface area contributed by atoms with Gasteiger partial charge in [0.2, 0.25) is 0 Å². The Balaban J connectivity index is 1.63. The number of hydrogen-bond donors (Lipinski definition) is 4. The lowest BCUT2D eigenvalue weighted by Gasteiger charge is -2.60. The maximum absolute atomic E-state index is 13.2. The van der Waals surface area contributed by atoms with Crippen LogP contribution in [0.1, 0.15) is 98.8 Å². The normalized spacial score (nSPS) is 46.0. The molecule has 0 aromatic carbocycles. The first-order valence-corrected chi connectivity index (χ1v) is 12.8. The molecule has 32 heavy (non-hydrogen) atoms. The lowest BCUT2D eigenvalue weighted by Crippen LogP contribution is -2.60. The highest BCUT2D eigenvalue weighted by molar-refractivity contribution is 5.95. The number of carbonyl (C=O) groups is 1. The molecule has 0 aliphatic heterocycles. The Labute approximate surface area is 193 Å². The van der Waals surface area contributed by atoms with Crippen molar-refractivity contribution < 1.29 is 25.2 Å². The van der Waals surface area contributed by atoms with Crippen molar-refractivity contribution in [2.24, 2.45) is 28.6 Å². The quantitative estimate of drug-likeness (QED) is 0.511. The van der Waals surface area contributed by atoms with E-state index in [2.05, 4.69) is 13.8 Å². The van der Waals surface area contributed by atoms with Crippen LogP contribution in [-0.2, 0) is 4.79 Å². The van der Waals surface area contributed by atoms with E-state index in [0.29, 0.717) is 25.7 Å². The summed E-state index contributed by atoms with van der Waals surface area (Å²) >= 11 is 0. The summed E-state index contributed by atoms with van der Waals surface area (Å²) in [6.07, 6.45) is 8.41. The van der Waals surface area contributed by atoms with E-state index in [4.69, 9.17) is 0 Å².